The molecule has 1 aliphatic rings. The van der Waals surface area contributed by atoms with Crippen molar-refractivity contribution in [2.75, 3.05) is 12.9 Å². The van der Waals surface area contributed by atoms with E-state index in [2.05, 4.69) is 21.2 Å². The summed E-state index contributed by atoms with van der Waals surface area (Å²) in [5.74, 6) is 2.31. The fraction of sp³-hybridized carbons (Fsp3) is 0.533. The lowest BCUT2D eigenvalue weighted by Gasteiger charge is -2.12. The lowest BCUT2D eigenvalue weighted by molar-refractivity contribution is -0.119. The summed E-state index contributed by atoms with van der Waals surface area (Å²) in [6, 6.07) is 6.35. The van der Waals surface area contributed by atoms with E-state index in [1.54, 1.807) is 18.9 Å². The van der Waals surface area contributed by atoms with E-state index in [1.807, 2.05) is 18.2 Å². The Balaban J connectivity index is 1.77. The number of amides is 1. The standard InChI is InChI=1S/C15H20BrNO2S/c1-19-14-7-6-12(16)8-11(14)9-20-10-15(18)17-13-4-2-3-5-13/h6-8,13H,2-5,9-10H2,1H3,(H,17,18). The third kappa shape index (κ3) is 4.70. The van der Waals surface area contributed by atoms with Gasteiger partial charge >= 0.3 is 0 Å². The van der Waals surface area contributed by atoms with E-state index in [1.165, 1.54) is 12.8 Å². The highest BCUT2D eigenvalue weighted by atomic mass is 79.9. The van der Waals surface area contributed by atoms with Crippen LogP contribution in [0.1, 0.15) is 31.2 Å². The summed E-state index contributed by atoms with van der Waals surface area (Å²) < 4.78 is 6.36. The van der Waals surface area contributed by atoms with Crippen molar-refractivity contribution in [3.05, 3.63) is 28.2 Å². The molecule has 1 N–H and O–H groups in total. The second-order valence-corrected chi connectivity index (χ2v) is 6.90. The molecular weight excluding hydrogens is 338 g/mol. The first-order chi connectivity index (χ1) is 9.69. The molecule has 3 nitrogen and oxygen atoms in total. The van der Waals surface area contributed by atoms with E-state index in [9.17, 15) is 4.79 Å². The van der Waals surface area contributed by atoms with Gasteiger partial charge in [-0.3, -0.25) is 4.79 Å². The molecule has 20 heavy (non-hydrogen) atoms. The van der Waals surface area contributed by atoms with Gasteiger partial charge in [-0.15, -0.1) is 11.8 Å². The summed E-state index contributed by atoms with van der Waals surface area (Å²) in [5, 5.41) is 3.10. The van der Waals surface area contributed by atoms with E-state index in [0.717, 1.165) is 34.4 Å². The maximum atomic E-state index is 11.8. The Labute approximate surface area is 133 Å². The average molecular weight is 358 g/mol. The molecule has 0 atom stereocenters. The van der Waals surface area contributed by atoms with E-state index < -0.39 is 0 Å². The molecule has 0 unspecified atom stereocenters. The SMILES string of the molecule is COc1ccc(Br)cc1CSCC(=O)NC1CCCC1. The van der Waals surface area contributed by atoms with Gasteiger partial charge < -0.3 is 10.1 Å². The van der Waals surface area contributed by atoms with Gasteiger partial charge in [0, 0.05) is 21.8 Å². The number of hydrogen-bond donors (Lipinski definition) is 1. The Morgan fingerprint density at radius 3 is 2.90 bits per heavy atom. The van der Waals surface area contributed by atoms with Gasteiger partial charge in [0.25, 0.3) is 0 Å². The fourth-order valence-corrected chi connectivity index (χ4v) is 3.68. The van der Waals surface area contributed by atoms with Crippen LogP contribution >= 0.6 is 27.7 Å². The summed E-state index contributed by atoms with van der Waals surface area (Å²) in [7, 11) is 1.67. The molecule has 5 heteroatoms. The van der Waals surface area contributed by atoms with Crippen LogP contribution in [0.25, 0.3) is 0 Å². The Hall–Kier alpha value is -0.680. The number of thioether (sulfide) groups is 1. The number of methoxy groups -OCH3 is 1. The first-order valence-electron chi connectivity index (χ1n) is 6.88. The Morgan fingerprint density at radius 1 is 1.45 bits per heavy atom. The van der Waals surface area contributed by atoms with Gasteiger partial charge in [0.1, 0.15) is 5.75 Å². The quantitative estimate of drug-likeness (QED) is 0.842. The molecule has 0 aliphatic heterocycles. The molecule has 1 fully saturated rings. The molecular formula is C15H20BrNO2S. The zero-order valence-corrected chi connectivity index (χ0v) is 14.1. The van der Waals surface area contributed by atoms with Crippen molar-refractivity contribution in [2.45, 2.75) is 37.5 Å². The fourth-order valence-electron chi connectivity index (χ4n) is 2.45. The predicted molar refractivity (Wildman–Crippen MR) is 87.3 cm³/mol. The van der Waals surface area contributed by atoms with Gasteiger partial charge in [-0.25, -0.2) is 0 Å². The predicted octanol–water partition coefficient (Wildman–Crippen LogP) is 3.75. The number of ether oxygens (including phenoxy) is 1. The monoisotopic (exact) mass is 357 g/mol. The number of halogens is 1. The number of carbonyl (C=O) groups excluding carboxylic acids is 1. The third-order valence-corrected chi connectivity index (χ3v) is 4.93. The molecule has 0 radical (unpaired) electrons. The summed E-state index contributed by atoms with van der Waals surface area (Å²) >= 11 is 5.08. The zero-order chi connectivity index (χ0) is 14.4. The van der Waals surface area contributed by atoms with Crippen molar-refractivity contribution in [3.8, 4) is 5.75 Å². The molecule has 0 bridgehead atoms. The highest BCUT2D eigenvalue weighted by molar-refractivity contribution is 9.10. The first-order valence-corrected chi connectivity index (χ1v) is 8.83. The van der Waals surface area contributed by atoms with Crippen molar-refractivity contribution in [1.29, 1.82) is 0 Å². The maximum absolute atomic E-state index is 11.8. The molecule has 0 aromatic heterocycles. The average Bonchev–Trinajstić information content (AvgIpc) is 2.92. The Kier molecular flexibility index (Phi) is 6.23. The van der Waals surface area contributed by atoms with Crippen molar-refractivity contribution in [2.24, 2.45) is 0 Å². The van der Waals surface area contributed by atoms with Crippen LogP contribution in [-0.2, 0) is 10.5 Å². The number of benzene rings is 1. The lowest BCUT2D eigenvalue weighted by atomic mass is 10.2. The largest absolute Gasteiger partial charge is 0.496 e. The van der Waals surface area contributed by atoms with Crippen LogP contribution in [0.3, 0.4) is 0 Å². The number of nitrogens with one attached hydrogen (secondary N) is 1. The minimum Gasteiger partial charge on any atom is -0.496 e. The molecule has 1 aliphatic carbocycles. The molecule has 1 aromatic carbocycles. The van der Waals surface area contributed by atoms with Crippen LogP contribution in [0.15, 0.2) is 22.7 Å². The van der Waals surface area contributed by atoms with Crippen molar-refractivity contribution >= 4 is 33.6 Å². The molecule has 1 amide bonds. The van der Waals surface area contributed by atoms with Crippen LogP contribution in [0.4, 0.5) is 0 Å². The van der Waals surface area contributed by atoms with E-state index in [4.69, 9.17) is 4.74 Å². The highest BCUT2D eigenvalue weighted by Crippen LogP contribution is 2.26. The second-order valence-electron chi connectivity index (χ2n) is 5.00. The molecule has 0 spiro atoms. The molecule has 0 saturated heterocycles. The van der Waals surface area contributed by atoms with Crippen LogP contribution in [-0.4, -0.2) is 24.8 Å². The molecule has 0 heterocycles. The Bertz CT molecular complexity index is 461. The van der Waals surface area contributed by atoms with Gasteiger partial charge in [0.15, 0.2) is 0 Å². The number of rotatable bonds is 6. The molecule has 2 rings (SSSR count). The van der Waals surface area contributed by atoms with Crippen LogP contribution in [0.2, 0.25) is 0 Å². The van der Waals surface area contributed by atoms with Crippen molar-refractivity contribution in [3.63, 3.8) is 0 Å². The summed E-state index contributed by atoms with van der Waals surface area (Å²) in [6.07, 6.45) is 4.76. The lowest BCUT2D eigenvalue weighted by Crippen LogP contribution is -2.33. The van der Waals surface area contributed by atoms with E-state index in [-0.39, 0.29) is 5.91 Å². The van der Waals surface area contributed by atoms with Gasteiger partial charge in [-0.1, -0.05) is 28.8 Å². The van der Waals surface area contributed by atoms with Crippen molar-refractivity contribution < 1.29 is 9.53 Å². The van der Waals surface area contributed by atoms with Gasteiger partial charge in [-0.2, -0.15) is 0 Å². The second kappa shape index (κ2) is 7.93. The maximum Gasteiger partial charge on any atom is 0.230 e. The zero-order valence-electron chi connectivity index (χ0n) is 11.7. The summed E-state index contributed by atoms with van der Waals surface area (Å²) in [4.78, 5) is 11.8. The minimum absolute atomic E-state index is 0.149. The Morgan fingerprint density at radius 2 is 2.20 bits per heavy atom. The van der Waals surface area contributed by atoms with Gasteiger partial charge in [0.05, 0.1) is 12.9 Å². The van der Waals surface area contributed by atoms with Crippen LogP contribution in [0.5, 0.6) is 5.75 Å². The highest BCUT2D eigenvalue weighted by Gasteiger charge is 2.16. The van der Waals surface area contributed by atoms with Crippen LogP contribution < -0.4 is 10.1 Å². The normalized spacial score (nSPS) is 15.3. The van der Waals surface area contributed by atoms with E-state index >= 15 is 0 Å². The molecule has 1 saturated carbocycles. The minimum atomic E-state index is 0.149. The van der Waals surface area contributed by atoms with Gasteiger partial charge in [0.2, 0.25) is 5.91 Å². The first kappa shape index (κ1) is 15.7. The summed E-state index contributed by atoms with van der Waals surface area (Å²) in [6.45, 7) is 0. The smallest absolute Gasteiger partial charge is 0.230 e. The number of carbonyl (C=O) groups is 1. The topological polar surface area (TPSA) is 38.3 Å². The summed E-state index contributed by atoms with van der Waals surface area (Å²) in [5.41, 5.74) is 1.11. The number of hydrogen-bond acceptors (Lipinski definition) is 3. The van der Waals surface area contributed by atoms with Gasteiger partial charge in [-0.05, 0) is 31.0 Å². The van der Waals surface area contributed by atoms with Crippen LogP contribution in [0, 0.1) is 0 Å². The third-order valence-electron chi connectivity index (χ3n) is 3.45. The van der Waals surface area contributed by atoms with E-state index in [0.29, 0.717) is 11.8 Å². The molecule has 110 valence electrons. The molecule has 1 aromatic rings. The van der Waals surface area contributed by atoms with Crippen molar-refractivity contribution in [1.82, 2.24) is 5.32 Å².